The second kappa shape index (κ2) is 6.19. The van der Waals surface area contributed by atoms with Gasteiger partial charge >= 0.3 is 0 Å². The van der Waals surface area contributed by atoms with E-state index in [1.54, 1.807) is 30.5 Å². The van der Waals surface area contributed by atoms with E-state index in [0.29, 0.717) is 11.5 Å². The van der Waals surface area contributed by atoms with Crippen LogP contribution in [-0.4, -0.2) is 42.4 Å². The van der Waals surface area contributed by atoms with E-state index in [2.05, 4.69) is 15.8 Å². The highest BCUT2D eigenvalue weighted by molar-refractivity contribution is 7.91. The summed E-state index contributed by atoms with van der Waals surface area (Å²) in [6.07, 6.45) is 2.12. The molecule has 1 heterocycles. The van der Waals surface area contributed by atoms with E-state index in [-0.39, 0.29) is 23.3 Å². The third kappa shape index (κ3) is 4.46. The molecule has 1 aromatic rings. The largest absolute Gasteiger partial charge is 0.508 e. The molecule has 20 heavy (non-hydrogen) atoms. The van der Waals surface area contributed by atoms with E-state index < -0.39 is 9.84 Å². The van der Waals surface area contributed by atoms with Crippen molar-refractivity contribution < 1.29 is 13.5 Å². The van der Waals surface area contributed by atoms with E-state index >= 15 is 0 Å². The van der Waals surface area contributed by atoms with Gasteiger partial charge in [-0.15, -0.1) is 0 Å². The zero-order valence-corrected chi connectivity index (χ0v) is 12.2. The molecule has 0 saturated carbocycles. The molecule has 1 aliphatic heterocycles. The van der Waals surface area contributed by atoms with Gasteiger partial charge in [-0.05, 0) is 48.5 Å². The van der Waals surface area contributed by atoms with Crippen molar-refractivity contribution in [2.45, 2.75) is 12.5 Å². The molecule has 108 valence electrons. The molecule has 0 bridgehead atoms. The molecule has 8 heteroatoms. The van der Waals surface area contributed by atoms with Crippen LogP contribution >= 0.6 is 12.2 Å². The number of sulfone groups is 1. The van der Waals surface area contributed by atoms with Crippen molar-refractivity contribution in [3.05, 3.63) is 29.8 Å². The van der Waals surface area contributed by atoms with Crippen LogP contribution in [0.5, 0.6) is 5.75 Å². The molecule has 1 aromatic carbocycles. The molecular weight excluding hydrogens is 298 g/mol. The first-order valence-corrected chi connectivity index (χ1v) is 8.27. The van der Waals surface area contributed by atoms with Gasteiger partial charge in [0.05, 0.1) is 17.7 Å². The molecular formula is C12H15N3O3S2. The van der Waals surface area contributed by atoms with Crippen LogP contribution in [0.25, 0.3) is 0 Å². The Labute approximate surface area is 122 Å². The van der Waals surface area contributed by atoms with Crippen molar-refractivity contribution in [1.82, 2.24) is 10.7 Å². The number of aromatic hydroxyl groups is 1. The van der Waals surface area contributed by atoms with Crippen LogP contribution in [-0.2, 0) is 9.84 Å². The Hall–Kier alpha value is -1.67. The summed E-state index contributed by atoms with van der Waals surface area (Å²) in [5.74, 6) is 0.496. The third-order valence-corrected chi connectivity index (χ3v) is 4.82. The number of hydrogen-bond acceptors (Lipinski definition) is 5. The van der Waals surface area contributed by atoms with Crippen LogP contribution in [0.1, 0.15) is 12.0 Å². The predicted molar refractivity (Wildman–Crippen MR) is 81.6 cm³/mol. The van der Waals surface area contributed by atoms with Crippen molar-refractivity contribution in [3.8, 4) is 5.75 Å². The standard InChI is InChI=1S/C12H15N3O3S2/c16-11-3-1-9(2-4-11)7-13-15-12(19)14-10-5-6-20(17,18)8-10/h1-4,7,10,16H,5-6,8H2,(H2,14,15,19)/b13-7-/t10-/m0/s1. The van der Waals surface area contributed by atoms with Crippen LogP contribution in [0.4, 0.5) is 0 Å². The maximum atomic E-state index is 11.3. The lowest BCUT2D eigenvalue weighted by Gasteiger charge is -2.11. The lowest BCUT2D eigenvalue weighted by Crippen LogP contribution is -2.40. The van der Waals surface area contributed by atoms with Crippen molar-refractivity contribution in [2.24, 2.45) is 5.10 Å². The maximum Gasteiger partial charge on any atom is 0.187 e. The summed E-state index contributed by atoms with van der Waals surface area (Å²) in [6, 6.07) is 6.38. The molecule has 6 nitrogen and oxygen atoms in total. The van der Waals surface area contributed by atoms with Crippen LogP contribution in [0.15, 0.2) is 29.4 Å². The normalized spacial score (nSPS) is 20.9. The number of phenols is 1. The van der Waals surface area contributed by atoms with Gasteiger partial charge in [-0.1, -0.05) is 0 Å². The Kier molecular flexibility index (Phi) is 4.56. The fourth-order valence-electron chi connectivity index (χ4n) is 1.85. The predicted octanol–water partition coefficient (Wildman–Crippen LogP) is 0.377. The summed E-state index contributed by atoms with van der Waals surface area (Å²) in [6.45, 7) is 0. The minimum absolute atomic E-state index is 0.108. The highest BCUT2D eigenvalue weighted by Crippen LogP contribution is 2.11. The summed E-state index contributed by atoms with van der Waals surface area (Å²) in [4.78, 5) is 0. The molecule has 0 aliphatic carbocycles. The molecule has 1 aliphatic rings. The number of rotatable bonds is 3. The number of thiocarbonyl (C=S) groups is 1. The van der Waals surface area contributed by atoms with Gasteiger partial charge in [0.1, 0.15) is 5.75 Å². The van der Waals surface area contributed by atoms with Crippen molar-refractivity contribution in [3.63, 3.8) is 0 Å². The monoisotopic (exact) mass is 313 g/mol. The Morgan fingerprint density at radius 3 is 2.70 bits per heavy atom. The molecule has 0 unspecified atom stereocenters. The fourth-order valence-corrected chi connectivity index (χ4v) is 3.75. The molecule has 1 fully saturated rings. The first-order valence-electron chi connectivity index (χ1n) is 6.04. The summed E-state index contributed by atoms with van der Waals surface area (Å²) < 4.78 is 22.6. The van der Waals surface area contributed by atoms with Crippen LogP contribution < -0.4 is 10.7 Å². The summed E-state index contributed by atoms with van der Waals surface area (Å²) >= 11 is 5.03. The Morgan fingerprint density at radius 2 is 2.10 bits per heavy atom. The smallest absolute Gasteiger partial charge is 0.187 e. The minimum atomic E-state index is -2.92. The quantitative estimate of drug-likeness (QED) is 0.424. The van der Waals surface area contributed by atoms with Gasteiger partial charge in [-0.3, -0.25) is 5.43 Å². The number of phenolic OH excluding ortho intramolecular Hbond substituents is 1. The number of nitrogens with zero attached hydrogens (tertiary/aromatic N) is 1. The topological polar surface area (TPSA) is 90.8 Å². The van der Waals surface area contributed by atoms with E-state index in [1.807, 2.05) is 0 Å². The van der Waals surface area contributed by atoms with Crippen LogP contribution in [0.2, 0.25) is 0 Å². The highest BCUT2D eigenvalue weighted by atomic mass is 32.2. The summed E-state index contributed by atoms with van der Waals surface area (Å²) in [5, 5.41) is 16.3. The van der Waals surface area contributed by atoms with E-state index in [9.17, 15) is 8.42 Å². The van der Waals surface area contributed by atoms with Crippen molar-refractivity contribution in [2.75, 3.05) is 11.5 Å². The van der Waals surface area contributed by atoms with Crippen molar-refractivity contribution >= 4 is 33.4 Å². The Morgan fingerprint density at radius 1 is 1.40 bits per heavy atom. The Bertz CT molecular complexity index is 611. The van der Waals surface area contributed by atoms with Crippen LogP contribution in [0, 0.1) is 0 Å². The molecule has 0 amide bonds. The lowest BCUT2D eigenvalue weighted by molar-refractivity contribution is 0.475. The molecule has 2 rings (SSSR count). The molecule has 1 atom stereocenters. The molecule has 0 spiro atoms. The SMILES string of the molecule is O=S1(=O)CC[C@H](NC(=S)N/N=C\c2ccc(O)cc2)C1. The molecule has 3 N–H and O–H groups in total. The molecule has 0 aromatic heterocycles. The van der Waals surface area contributed by atoms with Crippen LogP contribution in [0.3, 0.4) is 0 Å². The number of hydrogen-bond donors (Lipinski definition) is 3. The van der Waals surface area contributed by atoms with Gasteiger partial charge in [0.15, 0.2) is 14.9 Å². The first kappa shape index (κ1) is 14.7. The zero-order chi connectivity index (χ0) is 14.6. The highest BCUT2D eigenvalue weighted by Gasteiger charge is 2.27. The van der Waals surface area contributed by atoms with Gasteiger partial charge in [-0.2, -0.15) is 5.10 Å². The van der Waals surface area contributed by atoms with E-state index in [0.717, 1.165) is 5.56 Å². The Balaban J connectivity index is 1.79. The third-order valence-electron chi connectivity index (χ3n) is 2.84. The summed E-state index contributed by atoms with van der Waals surface area (Å²) in [7, 11) is -2.92. The van der Waals surface area contributed by atoms with Gasteiger partial charge in [-0.25, -0.2) is 8.42 Å². The van der Waals surface area contributed by atoms with Gasteiger partial charge < -0.3 is 10.4 Å². The van der Waals surface area contributed by atoms with Gasteiger partial charge in [0.2, 0.25) is 0 Å². The fraction of sp³-hybridized carbons (Fsp3) is 0.333. The lowest BCUT2D eigenvalue weighted by atomic mass is 10.2. The van der Waals surface area contributed by atoms with Crippen molar-refractivity contribution in [1.29, 1.82) is 0 Å². The second-order valence-electron chi connectivity index (χ2n) is 4.53. The van der Waals surface area contributed by atoms with E-state index in [4.69, 9.17) is 17.3 Å². The minimum Gasteiger partial charge on any atom is -0.508 e. The number of benzene rings is 1. The van der Waals surface area contributed by atoms with E-state index in [1.165, 1.54) is 0 Å². The zero-order valence-electron chi connectivity index (χ0n) is 10.6. The number of nitrogens with one attached hydrogen (secondary N) is 2. The second-order valence-corrected chi connectivity index (χ2v) is 7.17. The summed E-state index contributed by atoms with van der Waals surface area (Å²) in [5.41, 5.74) is 3.44. The van der Waals surface area contributed by atoms with Gasteiger partial charge in [0.25, 0.3) is 0 Å². The number of hydrazone groups is 1. The molecule has 0 radical (unpaired) electrons. The first-order chi connectivity index (χ1) is 9.44. The maximum absolute atomic E-state index is 11.3. The molecule has 1 saturated heterocycles. The van der Waals surface area contributed by atoms with Gasteiger partial charge in [0, 0.05) is 6.04 Å². The average Bonchev–Trinajstić information content (AvgIpc) is 2.71. The average molecular weight is 313 g/mol.